The lowest BCUT2D eigenvalue weighted by molar-refractivity contribution is 0.170. The van der Waals surface area contributed by atoms with Crippen LogP contribution in [0.3, 0.4) is 0 Å². The molecule has 3 rings (SSSR count). The lowest BCUT2D eigenvalue weighted by atomic mass is 10.0. The molecule has 0 aliphatic carbocycles. The van der Waals surface area contributed by atoms with Crippen LogP contribution in [0.25, 0.3) is 0 Å². The molecule has 1 aromatic carbocycles. The van der Waals surface area contributed by atoms with Crippen LogP contribution in [-0.2, 0) is 6.42 Å². The second-order valence-electron chi connectivity index (χ2n) is 4.75. The quantitative estimate of drug-likeness (QED) is 0.890. The molecule has 1 aliphatic rings. The zero-order valence-corrected chi connectivity index (χ0v) is 11.6. The Kier molecular flexibility index (Phi) is 3.53. The fraction of sp³-hybridized carbons (Fsp3) is 0.267. The Morgan fingerprint density at radius 2 is 2.29 bits per heavy atom. The van der Waals surface area contributed by atoms with Crippen molar-refractivity contribution in [1.82, 2.24) is 4.98 Å². The Morgan fingerprint density at radius 1 is 1.43 bits per heavy atom. The number of benzene rings is 1. The summed E-state index contributed by atoms with van der Waals surface area (Å²) < 4.78 is 16.0. The van der Waals surface area contributed by atoms with Crippen LogP contribution < -0.4 is 19.9 Å². The molecule has 0 amide bonds. The maximum atomic E-state index is 10.4. The summed E-state index contributed by atoms with van der Waals surface area (Å²) in [5, 5.41) is 10.4. The van der Waals surface area contributed by atoms with Crippen LogP contribution in [0.15, 0.2) is 30.6 Å². The third-order valence-corrected chi connectivity index (χ3v) is 3.42. The summed E-state index contributed by atoms with van der Waals surface area (Å²) in [6.07, 6.45) is 2.90. The molecule has 2 aromatic rings. The van der Waals surface area contributed by atoms with Gasteiger partial charge in [0, 0.05) is 24.5 Å². The van der Waals surface area contributed by atoms with Crippen molar-refractivity contribution >= 4 is 5.69 Å². The first-order valence-electron chi connectivity index (χ1n) is 6.53. The van der Waals surface area contributed by atoms with Crippen LogP contribution in [0.4, 0.5) is 5.69 Å². The largest absolute Gasteiger partial charge is 0.493 e. The van der Waals surface area contributed by atoms with E-state index < -0.39 is 6.10 Å². The molecule has 0 fully saturated rings. The lowest BCUT2D eigenvalue weighted by Gasteiger charge is -2.14. The van der Waals surface area contributed by atoms with Crippen molar-refractivity contribution < 1.29 is 19.3 Å². The Balaban J connectivity index is 1.88. The predicted octanol–water partition coefficient (Wildman–Crippen LogP) is 1.68. The van der Waals surface area contributed by atoms with E-state index in [2.05, 4.69) is 4.98 Å². The molecule has 6 nitrogen and oxygen atoms in total. The second kappa shape index (κ2) is 5.49. The molecule has 0 saturated carbocycles. The van der Waals surface area contributed by atoms with Gasteiger partial charge in [-0.2, -0.15) is 0 Å². The molecule has 3 N–H and O–H groups in total. The van der Waals surface area contributed by atoms with Gasteiger partial charge >= 0.3 is 0 Å². The van der Waals surface area contributed by atoms with Crippen molar-refractivity contribution in [3.05, 3.63) is 41.7 Å². The Bertz CT molecular complexity index is 660. The van der Waals surface area contributed by atoms with Crippen molar-refractivity contribution in [1.29, 1.82) is 0 Å². The van der Waals surface area contributed by atoms with Crippen molar-refractivity contribution in [2.45, 2.75) is 12.5 Å². The molecule has 6 heteroatoms. The normalized spacial score (nSPS) is 14.0. The predicted molar refractivity (Wildman–Crippen MR) is 76.4 cm³/mol. The molecule has 1 aromatic heterocycles. The average molecular weight is 288 g/mol. The first-order chi connectivity index (χ1) is 10.2. The van der Waals surface area contributed by atoms with Gasteiger partial charge in [0.05, 0.1) is 13.2 Å². The second-order valence-corrected chi connectivity index (χ2v) is 4.75. The molecule has 0 bridgehead atoms. The fourth-order valence-electron chi connectivity index (χ4n) is 2.28. The van der Waals surface area contributed by atoms with Gasteiger partial charge in [-0.25, -0.2) is 0 Å². The van der Waals surface area contributed by atoms with Crippen LogP contribution in [-0.4, -0.2) is 24.0 Å². The van der Waals surface area contributed by atoms with E-state index in [0.29, 0.717) is 34.9 Å². The number of pyridine rings is 1. The minimum Gasteiger partial charge on any atom is -0.493 e. The average Bonchev–Trinajstić information content (AvgIpc) is 2.97. The number of hydrogen-bond acceptors (Lipinski definition) is 6. The highest BCUT2D eigenvalue weighted by atomic mass is 16.7. The summed E-state index contributed by atoms with van der Waals surface area (Å²) in [6.45, 7) is 0.154. The minimum atomic E-state index is -0.736. The highest BCUT2D eigenvalue weighted by Gasteiger charge is 2.22. The van der Waals surface area contributed by atoms with E-state index in [1.165, 1.54) is 0 Å². The number of ether oxygens (including phenoxy) is 3. The Labute approximate surface area is 122 Å². The number of aliphatic hydroxyl groups is 1. The number of methoxy groups -OCH3 is 1. The van der Waals surface area contributed by atoms with E-state index >= 15 is 0 Å². The van der Waals surface area contributed by atoms with E-state index in [1.807, 2.05) is 0 Å². The molecule has 1 atom stereocenters. The first-order valence-corrected chi connectivity index (χ1v) is 6.53. The number of nitrogens with zero attached hydrogens (tertiary/aromatic N) is 1. The molecule has 21 heavy (non-hydrogen) atoms. The maximum absolute atomic E-state index is 10.4. The van der Waals surface area contributed by atoms with Gasteiger partial charge in [0.15, 0.2) is 11.5 Å². The summed E-state index contributed by atoms with van der Waals surface area (Å²) in [7, 11) is 1.55. The van der Waals surface area contributed by atoms with Gasteiger partial charge in [-0.3, -0.25) is 4.98 Å². The van der Waals surface area contributed by atoms with Crippen molar-refractivity contribution in [3.63, 3.8) is 0 Å². The summed E-state index contributed by atoms with van der Waals surface area (Å²) in [5.74, 6) is 1.68. The fourth-order valence-corrected chi connectivity index (χ4v) is 2.28. The monoisotopic (exact) mass is 288 g/mol. The van der Waals surface area contributed by atoms with Gasteiger partial charge in [0.25, 0.3) is 0 Å². The molecular weight excluding hydrogens is 272 g/mol. The Morgan fingerprint density at radius 3 is 3.05 bits per heavy atom. The summed E-state index contributed by atoms with van der Waals surface area (Å²) >= 11 is 0. The summed E-state index contributed by atoms with van der Waals surface area (Å²) in [5.41, 5.74) is 7.95. The zero-order valence-electron chi connectivity index (χ0n) is 11.6. The van der Waals surface area contributed by atoms with Gasteiger partial charge in [0.2, 0.25) is 12.5 Å². The maximum Gasteiger partial charge on any atom is 0.231 e. The number of rotatable bonds is 4. The van der Waals surface area contributed by atoms with Gasteiger partial charge in [-0.15, -0.1) is 0 Å². The third-order valence-electron chi connectivity index (χ3n) is 3.42. The molecule has 0 saturated heterocycles. The van der Waals surface area contributed by atoms with E-state index in [1.54, 1.807) is 37.7 Å². The van der Waals surface area contributed by atoms with Crippen molar-refractivity contribution in [2.75, 3.05) is 19.6 Å². The highest BCUT2D eigenvalue weighted by Crippen LogP contribution is 2.43. The summed E-state index contributed by atoms with van der Waals surface area (Å²) in [6, 6.07) is 5.20. The molecule has 0 spiro atoms. The SMILES string of the molecule is COc1cc(C(O)Cc2cnccc2N)cc2c1OCO2. The van der Waals surface area contributed by atoms with Crippen LogP contribution in [0.2, 0.25) is 0 Å². The van der Waals surface area contributed by atoms with E-state index in [4.69, 9.17) is 19.9 Å². The number of fused-ring (bicyclic) bond motifs is 1. The summed E-state index contributed by atoms with van der Waals surface area (Å²) in [4.78, 5) is 4.02. The highest BCUT2D eigenvalue weighted by molar-refractivity contribution is 5.55. The van der Waals surface area contributed by atoms with Gasteiger partial charge in [-0.05, 0) is 29.3 Å². The van der Waals surface area contributed by atoms with Gasteiger partial charge < -0.3 is 25.1 Å². The number of hydrogen-bond donors (Lipinski definition) is 2. The standard InChI is InChI=1S/C15H16N2O4/c1-19-13-5-9(6-14-15(13)21-8-20-14)12(18)4-10-7-17-3-2-11(10)16/h2-3,5-7,12,18H,4,8H2,1H3,(H2,16,17). The Hall–Kier alpha value is -2.47. The number of anilines is 1. The van der Waals surface area contributed by atoms with Crippen molar-refractivity contribution in [2.24, 2.45) is 0 Å². The molecule has 2 heterocycles. The van der Waals surface area contributed by atoms with E-state index in [-0.39, 0.29) is 6.79 Å². The molecule has 0 radical (unpaired) electrons. The van der Waals surface area contributed by atoms with Crippen LogP contribution >= 0.6 is 0 Å². The molecule has 110 valence electrons. The van der Waals surface area contributed by atoms with Gasteiger partial charge in [0.1, 0.15) is 0 Å². The zero-order chi connectivity index (χ0) is 14.8. The number of aliphatic hydroxyl groups excluding tert-OH is 1. The smallest absolute Gasteiger partial charge is 0.231 e. The lowest BCUT2D eigenvalue weighted by Crippen LogP contribution is -2.05. The molecule has 1 aliphatic heterocycles. The van der Waals surface area contributed by atoms with Crippen molar-refractivity contribution in [3.8, 4) is 17.2 Å². The first kappa shape index (κ1) is 13.5. The number of nitrogen functional groups attached to an aromatic ring is 1. The molecular formula is C15H16N2O4. The minimum absolute atomic E-state index is 0.154. The number of aromatic nitrogens is 1. The van der Waals surface area contributed by atoms with Crippen LogP contribution in [0.5, 0.6) is 17.2 Å². The van der Waals surface area contributed by atoms with Crippen LogP contribution in [0.1, 0.15) is 17.2 Å². The van der Waals surface area contributed by atoms with Gasteiger partial charge in [-0.1, -0.05) is 0 Å². The topological polar surface area (TPSA) is 86.8 Å². The van der Waals surface area contributed by atoms with Crippen LogP contribution in [0, 0.1) is 0 Å². The number of nitrogens with two attached hydrogens (primary N) is 1. The molecule has 1 unspecified atom stereocenters. The van der Waals surface area contributed by atoms with E-state index in [9.17, 15) is 5.11 Å². The van der Waals surface area contributed by atoms with E-state index in [0.717, 1.165) is 5.56 Å². The third kappa shape index (κ3) is 2.57.